The summed E-state index contributed by atoms with van der Waals surface area (Å²) in [5.41, 5.74) is 5.92. The van der Waals surface area contributed by atoms with E-state index < -0.39 is 12.1 Å². The van der Waals surface area contributed by atoms with Crippen LogP contribution in [0.25, 0.3) is 0 Å². The van der Waals surface area contributed by atoms with E-state index in [-0.39, 0.29) is 0 Å². The van der Waals surface area contributed by atoms with Gasteiger partial charge in [0.1, 0.15) is 5.75 Å². The van der Waals surface area contributed by atoms with E-state index in [0.717, 1.165) is 0 Å². The quantitative estimate of drug-likeness (QED) is 0.776. The molecule has 0 aromatic heterocycles. The van der Waals surface area contributed by atoms with Crippen molar-refractivity contribution in [1.82, 2.24) is 0 Å². The summed E-state index contributed by atoms with van der Waals surface area (Å²) < 4.78 is 5.22. The summed E-state index contributed by atoms with van der Waals surface area (Å²) in [6.45, 7) is 1.73. The molecule has 0 bridgehead atoms. The molecular weight excluding hydrogens is 218 g/mol. The van der Waals surface area contributed by atoms with Gasteiger partial charge in [0.15, 0.2) is 6.10 Å². The predicted octanol–water partition coefficient (Wildman–Crippen LogP) is 2.16. The summed E-state index contributed by atoms with van der Waals surface area (Å²) in [5.74, 6) is -0.586. The van der Waals surface area contributed by atoms with Crippen LogP contribution in [0, 0.1) is 0 Å². The van der Waals surface area contributed by atoms with E-state index in [1.54, 1.807) is 19.1 Å². The molecule has 4 nitrogen and oxygen atoms in total. The Bertz CT molecular complexity index is 368. The van der Waals surface area contributed by atoms with E-state index in [2.05, 4.69) is 0 Å². The minimum absolute atomic E-state index is 0.370. The van der Waals surface area contributed by atoms with Gasteiger partial charge in [-0.1, -0.05) is 18.5 Å². The fourth-order valence-corrected chi connectivity index (χ4v) is 1.19. The first-order chi connectivity index (χ1) is 7.04. The second-order valence-corrected chi connectivity index (χ2v) is 3.44. The second kappa shape index (κ2) is 4.89. The molecule has 0 radical (unpaired) electrons. The zero-order chi connectivity index (χ0) is 11.4. The minimum atomic E-state index is -0.994. The van der Waals surface area contributed by atoms with Crippen LogP contribution in [0.3, 0.4) is 0 Å². The standard InChI is InChI=1S/C10H12ClNO3/c1-2-9(10(13)14)15-6-3-4-7(11)8(12)5-6/h3-5,9H,2,12H2,1H3,(H,13,14). The number of aliphatic carboxylic acids is 1. The number of nitrogen functional groups attached to an aromatic ring is 1. The molecule has 1 aromatic rings. The zero-order valence-electron chi connectivity index (χ0n) is 8.24. The van der Waals surface area contributed by atoms with E-state index >= 15 is 0 Å². The molecule has 0 fully saturated rings. The van der Waals surface area contributed by atoms with Gasteiger partial charge in [0.05, 0.1) is 10.7 Å². The van der Waals surface area contributed by atoms with Crippen molar-refractivity contribution >= 4 is 23.3 Å². The molecule has 0 aliphatic carbocycles. The summed E-state index contributed by atoms with van der Waals surface area (Å²) >= 11 is 5.72. The Morgan fingerprint density at radius 1 is 1.67 bits per heavy atom. The second-order valence-electron chi connectivity index (χ2n) is 3.04. The lowest BCUT2D eigenvalue weighted by molar-refractivity contribution is -0.145. The summed E-state index contributed by atoms with van der Waals surface area (Å²) in [4.78, 5) is 10.7. The third kappa shape index (κ3) is 3.02. The molecule has 5 heteroatoms. The van der Waals surface area contributed by atoms with Crippen molar-refractivity contribution in [2.75, 3.05) is 5.73 Å². The monoisotopic (exact) mass is 229 g/mol. The molecule has 3 N–H and O–H groups in total. The fourth-order valence-electron chi connectivity index (χ4n) is 1.07. The third-order valence-electron chi connectivity index (χ3n) is 1.89. The summed E-state index contributed by atoms with van der Waals surface area (Å²) in [7, 11) is 0. The normalized spacial score (nSPS) is 12.1. The number of carbonyl (C=O) groups is 1. The summed E-state index contributed by atoms with van der Waals surface area (Å²) in [6, 6.07) is 4.67. The van der Waals surface area contributed by atoms with Gasteiger partial charge in [-0.3, -0.25) is 0 Å². The molecule has 82 valence electrons. The van der Waals surface area contributed by atoms with Gasteiger partial charge in [-0.2, -0.15) is 0 Å². The van der Waals surface area contributed by atoms with Crippen LogP contribution in [0.2, 0.25) is 5.02 Å². The first-order valence-electron chi connectivity index (χ1n) is 4.49. The topological polar surface area (TPSA) is 72.5 Å². The molecule has 1 aromatic carbocycles. The molecule has 0 heterocycles. The number of hydrogen-bond acceptors (Lipinski definition) is 3. The number of nitrogens with two attached hydrogens (primary N) is 1. The highest BCUT2D eigenvalue weighted by Gasteiger charge is 2.16. The van der Waals surface area contributed by atoms with Crippen LogP contribution in [-0.2, 0) is 4.79 Å². The Morgan fingerprint density at radius 3 is 2.80 bits per heavy atom. The number of rotatable bonds is 4. The molecule has 0 amide bonds. The number of ether oxygens (including phenoxy) is 1. The maximum absolute atomic E-state index is 10.7. The van der Waals surface area contributed by atoms with Crippen molar-refractivity contribution in [3.05, 3.63) is 23.2 Å². The fraction of sp³-hybridized carbons (Fsp3) is 0.300. The maximum atomic E-state index is 10.7. The Balaban J connectivity index is 2.80. The third-order valence-corrected chi connectivity index (χ3v) is 2.24. The first-order valence-corrected chi connectivity index (χ1v) is 4.87. The first kappa shape index (κ1) is 11.7. The van der Waals surface area contributed by atoms with Gasteiger partial charge >= 0.3 is 5.97 Å². The van der Waals surface area contributed by atoms with E-state index in [4.69, 9.17) is 27.2 Å². The number of carboxylic acids is 1. The Hall–Kier alpha value is -1.42. The Kier molecular flexibility index (Phi) is 3.80. The molecule has 0 spiro atoms. The van der Waals surface area contributed by atoms with Gasteiger partial charge in [-0.25, -0.2) is 4.79 Å². The number of carboxylic acid groups (broad SMARTS) is 1. The van der Waals surface area contributed by atoms with E-state index in [1.165, 1.54) is 6.07 Å². The molecule has 0 saturated carbocycles. The van der Waals surface area contributed by atoms with E-state index in [0.29, 0.717) is 22.9 Å². The van der Waals surface area contributed by atoms with Crippen LogP contribution in [0.15, 0.2) is 18.2 Å². The number of hydrogen-bond donors (Lipinski definition) is 2. The van der Waals surface area contributed by atoms with Crippen LogP contribution in [0.4, 0.5) is 5.69 Å². The molecule has 1 unspecified atom stereocenters. The van der Waals surface area contributed by atoms with Crippen LogP contribution in [-0.4, -0.2) is 17.2 Å². The molecule has 15 heavy (non-hydrogen) atoms. The largest absolute Gasteiger partial charge is 0.479 e. The lowest BCUT2D eigenvalue weighted by Gasteiger charge is -2.13. The van der Waals surface area contributed by atoms with Crippen LogP contribution in [0.5, 0.6) is 5.75 Å². The number of halogens is 1. The van der Waals surface area contributed by atoms with E-state index in [1.807, 2.05) is 0 Å². The summed E-state index contributed by atoms with van der Waals surface area (Å²) in [6.07, 6.45) is -0.469. The highest BCUT2D eigenvalue weighted by Crippen LogP contribution is 2.24. The van der Waals surface area contributed by atoms with Crippen molar-refractivity contribution < 1.29 is 14.6 Å². The highest BCUT2D eigenvalue weighted by atomic mass is 35.5. The number of anilines is 1. The zero-order valence-corrected chi connectivity index (χ0v) is 8.99. The lowest BCUT2D eigenvalue weighted by Crippen LogP contribution is -2.25. The predicted molar refractivity (Wildman–Crippen MR) is 58.2 cm³/mol. The van der Waals surface area contributed by atoms with Crippen molar-refractivity contribution in [3.63, 3.8) is 0 Å². The number of benzene rings is 1. The van der Waals surface area contributed by atoms with Crippen molar-refractivity contribution in [2.45, 2.75) is 19.4 Å². The maximum Gasteiger partial charge on any atom is 0.344 e. The van der Waals surface area contributed by atoms with Crippen LogP contribution < -0.4 is 10.5 Å². The lowest BCUT2D eigenvalue weighted by atomic mass is 10.2. The van der Waals surface area contributed by atoms with Crippen molar-refractivity contribution in [1.29, 1.82) is 0 Å². The Morgan fingerprint density at radius 2 is 2.33 bits per heavy atom. The molecule has 0 aliphatic rings. The molecular formula is C10H12ClNO3. The van der Waals surface area contributed by atoms with Gasteiger partial charge in [0, 0.05) is 6.07 Å². The van der Waals surface area contributed by atoms with Crippen molar-refractivity contribution in [3.8, 4) is 5.75 Å². The van der Waals surface area contributed by atoms with Gasteiger partial charge in [0.2, 0.25) is 0 Å². The minimum Gasteiger partial charge on any atom is -0.479 e. The SMILES string of the molecule is CCC(Oc1ccc(Cl)c(N)c1)C(=O)O. The van der Waals surface area contributed by atoms with Crippen molar-refractivity contribution in [2.24, 2.45) is 0 Å². The molecule has 1 atom stereocenters. The highest BCUT2D eigenvalue weighted by molar-refractivity contribution is 6.33. The van der Waals surface area contributed by atoms with Crippen LogP contribution >= 0.6 is 11.6 Å². The van der Waals surface area contributed by atoms with Gasteiger partial charge in [0.25, 0.3) is 0 Å². The Labute approximate surface area is 92.6 Å². The van der Waals surface area contributed by atoms with Crippen LogP contribution in [0.1, 0.15) is 13.3 Å². The van der Waals surface area contributed by atoms with Gasteiger partial charge < -0.3 is 15.6 Å². The molecule has 1 rings (SSSR count). The molecule has 0 aliphatic heterocycles. The average molecular weight is 230 g/mol. The van der Waals surface area contributed by atoms with Gasteiger partial charge in [-0.05, 0) is 18.6 Å². The summed E-state index contributed by atoms with van der Waals surface area (Å²) in [5, 5.41) is 9.20. The molecule has 0 saturated heterocycles. The van der Waals surface area contributed by atoms with E-state index in [9.17, 15) is 4.79 Å². The smallest absolute Gasteiger partial charge is 0.344 e. The average Bonchev–Trinajstić information content (AvgIpc) is 2.19. The van der Waals surface area contributed by atoms with Gasteiger partial charge in [-0.15, -0.1) is 0 Å².